The molecule has 1 aliphatic heterocycles. The number of H-pyrrole nitrogens is 1. The van der Waals surface area contributed by atoms with Gasteiger partial charge in [0.15, 0.2) is 0 Å². The lowest BCUT2D eigenvalue weighted by Crippen LogP contribution is -2.44. The number of rotatable bonds is 3. The average molecular weight is 360 g/mol. The highest BCUT2D eigenvalue weighted by Crippen LogP contribution is 2.36. The Morgan fingerprint density at radius 3 is 2.58 bits per heavy atom. The fourth-order valence-electron chi connectivity index (χ4n) is 3.55. The Hall–Kier alpha value is -2.39. The third-order valence-electron chi connectivity index (χ3n) is 5.39. The number of aryl methyl sites for hydroxylation is 1. The highest BCUT2D eigenvalue weighted by atomic mass is 19.1. The maximum Gasteiger partial charge on any atom is 0.266 e. The number of nitrogens with zero attached hydrogens (tertiary/aromatic N) is 1. The number of aromatic nitrogens is 1. The Bertz CT molecular complexity index is 951. The lowest BCUT2D eigenvalue weighted by atomic mass is 9.92. The minimum absolute atomic E-state index is 0.0325. The summed E-state index contributed by atoms with van der Waals surface area (Å²) in [5.41, 5.74) is -0.412. The number of halogens is 2. The highest BCUT2D eigenvalue weighted by Gasteiger charge is 2.32. The van der Waals surface area contributed by atoms with Crippen LogP contribution in [0.1, 0.15) is 37.8 Å². The van der Waals surface area contributed by atoms with Crippen LogP contribution < -0.4 is 10.5 Å². The number of terminal acetylenes is 1. The molecule has 0 aliphatic carbocycles. The zero-order valence-electron chi connectivity index (χ0n) is 15.2. The predicted molar refractivity (Wildman–Crippen MR) is 98.7 cm³/mol. The van der Waals surface area contributed by atoms with Crippen molar-refractivity contribution in [2.45, 2.75) is 38.7 Å². The van der Waals surface area contributed by atoms with E-state index < -0.39 is 17.2 Å². The number of aromatic amines is 1. The summed E-state index contributed by atoms with van der Waals surface area (Å²) in [5, 5.41) is 0.0513. The molecule has 2 aromatic rings. The van der Waals surface area contributed by atoms with Gasteiger partial charge in [-0.25, -0.2) is 8.78 Å². The second-order valence-corrected chi connectivity index (χ2v) is 6.90. The van der Waals surface area contributed by atoms with E-state index in [2.05, 4.69) is 10.9 Å². The first-order valence-corrected chi connectivity index (χ1v) is 8.68. The van der Waals surface area contributed by atoms with Crippen molar-refractivity contribution < 1.29 is 13.5 Å². The zero-order chi connectivity index (χ0) is 19.1. The number of methoxy groups -OCH3 is 1. The first-order valence-electron chi connectivity index (χ1n) is 8.68. The van der Waals surface area contributed by atoms with Crippen molar-refractivity contribution in [3.8, 4) is 12.3 Å². The molecular formula is C20H22F2N2O2. The van der Waals surface area contributed by atoms with Gasteiger partial charge in [-0.2, -0.15) is 0 Å². The monoisotopic (exact) mass is 360 g/mol. The molecule has 1 N–H and O–H groups in total. The minimum Gasteiger partial charge on any atom is -0.378 e. The Balaban J connectivity index is 2.28. The number of fused-ring (bicyclic) bond motifs is 1. The molecule has 0 spiro atoms. The first-order chi connectivity index (χ1) is 12.3. The van der Waals surface area contributed by atoms with Crippen LogP contribution in [0.5, 0.6) is 0 Å². The number of nitrogens with one attached hydrogen (secondary N) is 1. The van der Waals surface area contributed by atoms with Crippen LogP contribution in [0.2, 0.25) is 0 Å². The van der Waals surface area contributed by atoms with Crippen LogP contribution >= 0.6 is 0 Å². The van der Waals surface area contributed by atoms with Gasteiger partial charge in [0, 0.05) is 20.2 Å². The highest BCUT2D eigenvalue weighted by molar-refractivity contribution is 5.96. The smallest absolute Gasteiger partial charge is 0.266 e. The van der Waals surface area contributed by atoms with Gasteiger partial charge in [0.2, 0.25) is 0 Å². The van der Waals surface area contributed by atoms with Crippen LogP contribution in [-0.2, 0) is 11.2 Å². The van der Waals surface area contributed by atoms with Crippen molar-refractivity contribution in [1.29, 1.82) is 0 Å². The number of ether oxygens (including phenoxy) is 1. The van der Waals surface area contributed by atoms with Crippen LogP contribution in [0.15, 0.2) is 10.9 Å². The van der Waals surface area contributed by atoms with Crippen molar-refractivity contribution in [2.75, 3.05) is 25.1 Å². The van der Waals surface area contributed by atoms with E-state index in [0.717, 1.165) is 6.07 Å². The maximum atomic E-state index is 15.1. The molecule has 4 nitrogen and oxygen atoms in total. The van der Waals surface area contributed by atoms with Gasteiger partial charge in [-0.3, -0.25) is 4.79 Å². The summed E-state index contributed by atoms with van der Waals surface area (Å²) in [7, 11) is 1.66. The second kappa shape index (κ2) is 6.73. The molecule has 0 saturated carbocycles. The van der Waals surface area contributed by atoms with Crippen molar-refractivity contribution >= 4 is 16.6 Å². The molecule has 1 fully saturated rings. The average Bonchev–Trinajstić information content (AvgIpc) is 2.64. The molecule has 3 rings (SSSR count). The molecule has 0 atom stereocenters. The Kier molecular flexibility index (Phi) is 4.76. The number of anilines is 1. The predicted octanol–water partition coefficient (Wildman–Crippen LogP) is 3.36. The van der Waals surface area contributed by atoms with E-state index in [0.29, 0.717) is 38.0 Å². The van der Waals surface area contributed by atoms with Gasteiger partial charge in [-0.1, -0.05) is 12.8 Å². The third-order valence-corrected chi connectivity index (χ3v) is 5.39. The summed E-state index contributed by atoms with van der Waals surface area (Å²) in [6, 6.07) is 1.13. The molecule has 26 heavy (non-hydrogen) atoms. The summed E-state index contributed by atoms with van der Waals surface area (Å²) in [6.07, 6.45) is 7.28. The summed E-state index contributed by atoms with van der Waals surface area (Å²) in [4.78, 5) is 16.7. The minimum atomic E-state index is -0.654. The van der Waals surface area contributed by atoms with Gasteiger partial charge in [-0.05, 0) is 37.8 Å². The van der Waals surface area contributed by atoms with E-state index in [1.807, 2.05) is 11.8 Å². The van der Waals surface area contributed by atoms with Gasteiger partial charge in [0.1, 0.15) is 17.2 Å². The number of piperidine rings is 1. The largest absolute Gasteiger partial charge is 0.378 e. The summed E-state index contributed by atoms with van der Waals surface area (Å²) >= 11 is 0. The third kappa shape index (κ3) is 2.86. The lowest BCUT2D eigenvalue weighted by molar-refractivity contribution is -0.0132. The van der Waals surface area contributed by atoms with E-state index in [-0.39, 0.29) is 27.6 Å². The molecule has 0 radical (unpaired) electrons. The molecule has 0 bridgehead atoms. The van der Waals surface area contributed by atoms with E-state index in [1.165, 1.54) is 0 Å². The molecular weight excluding hydrogens is 338 g/mol. The van der Waals surface area contributed by atoms with Gasteiger partial charge >= 0.3 is 0 Å². The molecule has 138 valence electrons. The molecule has 0 unspecified atom stereocenters. The van der Waals surface area contributed by atoms with Crippen LogP contribution in [0.25, 0.3) is 10.9 Å². The number of benzene rings is 1. The summed E-state index contributed by atoms with van der Waals surface area (Å²) in [5.74, 6) is 1.18. The molecule has 0 amide bonds. The number of pyridine rings is 1. The van der Waals surface area contributed by atoms with Crippen LogP contribution in [-0.4, -0.2) is 30.8 Å². The topological polar surface area (TPSA) is 45.3 Å². The normalized spacial score (nSPS) is 16.7. The second-order valence-electron chi connectivity index (χ2n) is 6.90. The van der Waals surface area contributed by atoms with Gasteiger partial charge in [0.25, 0.3) is 5.56 Å². The lowest BCUT2D eigenvalue weighted by Gasteiger charge is -2.40. The van der Waals surface area contributed by atoms with Crippen molar-refractivity contribution in [3.05, 3.63) is 39.2 Å². The Morgan fingerprint density at radius 2 is 2.04 bits per heavy atom. The van der Waals surface area contributed by atoms with Crippen molar-refractivity contribution in [1.82, 2.24) is 4.98 Å². The molecule has 1 aromatic heterocycles. The van der Waals surface area contributed by atoms with E-state index in [4.69, 9.17) is 11.2 Å². The molecule has 1 saturated heterocycles. The summed E-state index contributed by atoms with van der Waals surface area (Å²) < 4.78 is 35.2. The van der Waals surface area contributed by atoms with Crippen LogP contribution in [0.3, 0.4) is 0 Å². The van der Waals surface area contributed by atoms with Crippen molar-refractivity contribution in [3.63, 3.8) is 0 Å². The molecule has 1 aliphatic rings. The standard InChI is InChI=1S/C20H22F2N2O2/c1-5-12-11-14(21)17-15(16(12)22)18(13(6-2)19(25)23-17)24-9-7-20(3,26-4)8-10-24/h2,11H,5,7-10H2,1,3-4H3,(H,23,25). The van der Waals surface area contributed by atoms with Gasteiger partial charge in [-0.15, -0.1) is 6.42 Å². The van der Waals surface area contributed by atoms with E-state index >= 15 is 4.39 Å². The fraction of sp³-hybridized carbons (Fsp3) is 0.450. The SMILES string of the molecule is C#Cc1c(N2CCC(C)(OC)CC2)c2c(F)c(CC)cc(F)c2[nH]c1=O. The Morgan fingerprint density at radius 1 is 1.38 bits per heavy atom. The molecule has 2 heterocycles. The van der Waals surface area contributed by atoms with E-state index in [9.17, 15) is 9.18 Å². The molecule has 6 heteroatoms. The van der Waals surface area contributed by atoms with Gasteiger partial charge in [0.05, 0.1) is 22.2 Å². The maximum absolute atomic E-state index is 15.1. The van der Waals surface area contributed by atoms with Crippen LogP contribution in [0, 0.1) is 24.0 Å². The fourth-order valence-corrected chi connectivity index (χ4v) is 3.55. The zero-order valence-corrected chi connectivity index (χ0v) is 15.2. The Labute approximate surface area is 151 Å². The van der Waals surface area contributed by atoms with E-state index in [1.54, 1.807) is 14.0 Å². The van der Waals surface area contributed by atoms with Crippen LogP contribution in [0.4, 0.5) is 14.5 Å². The van der Waals surface area contributed by atoms with Crippen molar-refractivity contribution in [2.24, 2.45) is 0 Å². The summed E-state index contributed by atoms with van der Waals surface area (Å²) in [6.45, 7) is 4.84. The first kappa shape index (κ1) is 18.4. The quantitative estimate of drug-likeness (QED) is 0.854. The van der Waals surface area contributed by atoms with Gasteiger partial charge < -0.3 is 14.6 Å². The number of hydrogen-bond acceptors (Lipinski definition) is 3. The number of hydrogen-bond donors (Lipinski definition) is 1. The molecule has 1 aromatic carbocycles.